The van der Waals surface area contributed by atoms with E-state index in [-0.39, 0.29) is 11.9 Å². The van der Waals surface area contributed by atoms with E-state index in [0.29, 0.717) is 0 Å². The van der Waals surface area contributed by atoms with Crippen LogP contribution >= 0.6 is 11.8 Å². The third-order valence-electron chi connectivity index (χ3n) is 2.52. The molecule has 1 aromatic carbocycles. The first-order valence-corrected chi connectivity index (χ1v) is 6.70. The maximum Gasteiger partial charge on any atom is 0.123 e. The molecule has 0 saturated heterocycles. The molecule has 0 spiro atoms. The van der Waals surface area contributed by atoms with Crippen molar-refractivity contribution < 1.29 is 4.39 Å². The molecule has 1 atom stereocenters. The minimum absolute atomic E-state index is 0.151. The van der Waals surface area contributed by atoms with Gasteiger partial charge in [-0.15, -0.1) is 0 Å². The molecule has 4 heteroatoms. The third kappa shape index (κ3) is 3.39. The van der Waals surface area contributed by atoms with Gasteiger partial charge in [0.05, 0.1) is 0 Å². The molecule has 2 N–H and O–H groups in total. The molecular formula is C12H19FN2S. The Kier molecular flexibility index (Phi) is 5.09. The van der Waals surface area contributed by atoms with Gasteiger partial charge in [0, 0.05) is 31.1 Å². The van der Waals surface area contributed by atoms with Gasteiger partial charge in [-0.05, 0) is 36.9 Å². The van der Waals surface area contributed by atoms with Crippen LogP contribution in [0.2, 0.25) is 0 Å². The molecule has 1 aromatic rings. The van der Waals surface area contributed by atoms with E-state index in [1.807, 2.05) is 14.0 Å². The van der Waals surface area contributed by atoms with Gasteiger partial charge in [-0.2, -0.15) is 11.8 Å². The summed E-state index contributed by atoms with van der Waals surface area (Å²) in [5.41, 5.74) is 7.73. The van der Waals surface area contributed by atoms with Crippen LogP contribution in [0.25, 0.3) is 0 Å². The van der Waals surface area contributed by atoms with Crippen molar-refractivity contribution in [3.63, 3.8) is 0 Å². The Bertz CT molecular complexity index is 342. The summed E-state index contributed by atoms with van der Waals surface area (Å²) < 4.78 is 13.1. The number of halogens is 1. The molecule has 90 valence electrons. The maximum atomic E-state index is 13.1. The molecule has 0 fully saturated rings. The molecule has 0 aromatic heterocycles. The second-order valence-electron chi connectivity index (χ2n) is 3.91. The van der Waals surface area contributed by atoms with E-state index < -0.39 is 0 Å². The zero-order chi connectivity index (χ0) is 12.1. The van der Waals surface area contributed by atoms with Gasteiger partial charge in [0.1, 0.15) is 5.82 Å². The van der Waals surface area contributed by atoms with Crippen LogP contribution in [0.1, 0.15) is 18.5 Å². The zero-order valence-corrected chi connectivity index (χ0v) is 10.9. The van der Waals surface area contributed by atoms with Crippen molar-refractivity contribution in [2.24, 2.45) is 5.73 Å². The summed E-state index contributed by atoms with van der Waals surface area (Å²) in [6.07, 6.45) is 2.07. The molecule has 0 aliphatic heterocycles. The van der Waals surface area contributed by atoms with Crippen molar-refractivity contribution in [2.75, 3.05) is 30.5 Å². The Labute approximate surface area is 101 Å². The van der Waals surface area contributed by atoms with Gasteiger partial charge in [-0.1, -0.05) is 0 Å². The Morgan fingerprint density at radius 1 is 1.50 bits per heavy atom. The van der Waals surface area contributed by atoms with Crippen LogP contribution in [0.5, 0.6) is 0 Å². The van der Waals surface area contributed by atoms with E-state index in [9.17, 15) is 4.39 Å². The number of nitrogens with zero attached hydrogens (tertiary/aromatic N) is 1. The lowest BCUT2D eigenvalue weighted by atomic mass is 10.1. The van der Waals surface area contributed by atoms with Crippen molar-refractivity contribution in [1.82, 2.24) is 0 Å². The summed E-state index contributed by atoms with van der Waals surface area (Å²) >= 11 is 1.80. The molecule has 1 rings (SSSR count). The summed E-state index contributed by atoms with van der Waals surface area (Å²) in [7, 11) is 2.01. The number of rotatable bonds is 5. The van der Waals surface area contributed by atoms with Crippen molar-refractivity contribution in [3.05, 3.63) is 29.6 Å². The lowest BCUT2D eigenvalue weighted by molar-refractivity contribution is 0.622. The Hall–Kier alpha value is -0.740. The smallest absolute Gasteiger partial charge is 0.123 e. The van der Waals surface area contributed by atoms with E-state index in [1.165, 1.54) is 12.1 Å². The largest absolute Gasteiger partial charge is 0.373 e. The summed E-state index contributed by atoms with van der Waals surface area (Å²) in [6.45, 7) is 2.81. The highest BCUT2D eigenvalue weighted by Crippen LogP contribution is 2.25. The molecule has 16 heavy (non-hydrogen) atoms. The van der Waals surface area contributed by atoms with Crippen LogP contribution in [0, 0.1) is 5.82 Å². The third-order valence-corrected chi connectivity index (χ3v) is 3.11. The summed E-state index contributed by atoms with van der Waals surface area (Å²) in [6, 6.07) is 4.66. The predicted octanol–water partition coefficient (Wildman–Crippen LogP) is 2.64. The Morgan fingerprint density at radius 2 is 2.19 bits per heavy atom. The number of hydrogen-bond acceptors (Lipinski definition) is 3. The van der Waals surface area contributed by atoms with E-state index in [0.717, 1.165) is 23.5 Å². The summed E-state index contributed by atoms with van der Waals surface area (Å²) in [5, 5.41) is 0. The number of anilines is 1. The number of nitrogens with two attached hydrogens (primary N) is 1. The minimum atomic E-state index is -0.227. The highest BCUT2D eigenvalue weighted by Gasteiger charge is 2.11. The molecule has 0 amide bonds. The molecule has 2 nitrogen and oxygen atoms in total. The quantitative estimate of drug-likeness (QED) is 0.860. The van der Waals surface area contributed by atoms with Crippen LogP contribution in [-0.4, -0.2) is 25.6 Å². The van der Waals surface area contributed by atoms with Crippen molar-refractivity contribution >= 4 is 17.4 Å². The molecule has 0 bridgehead atoms. The van der Waals surface area contributed by atoms with Crippen molar-refractivity contribution in [2.45, 2.75) is 13.0 Å². The zero-order valence-electron chi connectivity index (χ0n) is 10.0. The molecular weight excluding hydrogens is 223 g/mol. The Morgan fingerprint density at radius 3 is 2.75 bits per heavy atom. The summed E-state index contributed by atoms with van der Waals surface area (Å²) in [4.78, 5) is 2.12. The molecule has 0 unspecified atom stereocenters. The molecule has 0 aliphatic rings. The first-order valence-electron chi connectivity index (χ1n) is 5.31. The SMILES string of the molecule is CSCCN(C)c1ccc(F)cc1[C@H](C)N. The van der Waals surface area contributed by atoms with E-state index in [4.69, 9.17) is 5.73 Å². The monoisotopic (exact) mass is 242 g/mol. The normalized spacial score (nSPS) is 12.6. The first-order chi connectivity index (χ1) is 7.56. The highest BCUT2D eigenvalue weighted by molar-refractivity contribution is 7.98. The number of benzene rings is 1. The van der Waals surface area contributed by atoms with Gasteiger partial charge < -0.3 is 10.6 Å². The second kappa shape index (κ2) is 6.11. The highest BCUT2D eigenvalue weighted by atomic mass is 32.2. The van der Waals surface area contributed by atoms with Crippen LogP contribution in [0.4, 0.5) is 10.1 Å². The number of thioether (sulfide) groups is 1. The van der Waals surface area contributed by atoms with Crippen molar-refractivity contribution in [3.8, 4) is 0 Å². The van der Waals surface area contributed by atoms with Crippen molar-refractivity contribution in [1.29, 1.82) is 0 Å². The fourth-order valence-electron chi connectivity index (χ4n) is 1.59. The lowest BCUT2D eigenvalue weighted by Gasteiger charge is -2.23. The van der Waals surface area contributed by atoms with E-state index in [1.54, 1.807) is 17.8 Å². The Balaban J connectivity index is 2.93. The standard InChI is InChI=1S/C12H19FN2S/c1-9(14)11-8-10(13)4-5-12(11)15(2)6-7-16-3/h4-5,8-9H,6-7,14H2,1-3H3/t9-/m0/s1. The van der Waals surface area contributed by atoms with Gasteiger partial charge >= 0.3 is 0 Å². The first kappa shape index (κ1) is 13.3. The molecule has 0 heterocycles. The average molecular weight is 242 g/mol. The van der Waals surface area contributed by atoms with Gasteiger partial charge in [0.15, 0.2) is 0 Å². The van der Waals surface area contributed by atoms with Gasteiger partial charge in [0.2, 0.25) is 0 Å². The molecule has 0 radical (unpaired) electrons. The number of hydrogen-bond donors (Lipinski definition) is 1. The van der Waals surface area contributed by atoms with Gasteiger partial charge in [-0.25, -0.2) is 4.39 Å². The maximum absolute atomic E-state index is 13.1. The molecule has 0 aliphatic carbocycles. The average Bonchev–Trinajstić information content (AvgIpc) is 2.25. The van der Waals surface area contributed by atoms with E-state index >= 15 is 0 Å². The van der Waals surface area contributed by atoms with Gasteiger partial charge in [-0.3, -0.25) is 0 Å². The second-order valence-corrected chi connectivity index (χ2v) is 4.89. The fourth-order valence-corrected chi connectivity index (χ4v) is 2.04. The van der Waals surface area contributed by atoms with E-state index in [2.05, 4.69) is 11.2 Å². The fraction of sp³-hybridized carbons (Fsp3) is 0.500. The molecule has 0 saturated carbocycles. The van der Waals surface area contributed by atoms with Crippen LogP contribution in [0.3, 0.4) is 0 Å². The van der Waals surface area contributed by atoms with Crippen LogP contribution in [-0.2, 0) is 0 Å². The van der Waals surface area contributed by atoms with Crippen LogP contribution in [0.15, 0.2) is 18.2 Å². The predicted molar refractivity (Wildman–Crippen MR) is 70.7 cm³/mol. The van der Waals surface area contributed by atoms with Gasteiger partial charge in [0.25, 0.3) is 0 Å². The summed E-state index contributed by atoms with van der Waals surface area (Å²) in [5.74, 6) is 0.820. The minimum Gasteiger partial charge on any atom is -0.373 e. The lowest BCUT2D eigenvalue weighted by Crippen LogP contribution is -2.23. The topological polar surface area (TPSA) is 29.3 Å². The van der Waals surface area contributed by atoms with Crippen LogP contribution < -0.4 is 10.6 Å².